The van der Waals surface area contributed by atoms with Crippen molar-refractivity contribution in [3.05, 3.63) is 0 Å². The number of hydrogen-bond donors (Lipinski definition) is 1. The fourth-order valence-electron chi connectivity index (χ4n) is 1.81. The van der Waals surface area contributed by atoms with E-state index in [1.54, 1.807) is 11.8 Å². The Balaban J connectivity index is 1.94. The zero-order valence-electron chi connectivity index (χ0n) is 8.36. The quantitative estimate of drug-likeness (QED) is 0.664. The summed E-state index contributed by atoms with van der Waals surface area (Å²) in [5.74, 6) is 2.05. The zero-order valence-corrected chi connectivity index (χ0v) is 9.18. The summed E-state index contributed by atoms with van der Waals surface area (Å²) in [5, 5.41) is 3.21. The lowest BCUT2D eigenvalue weighted by Crippen LogP contribution is -2.53. The van der Waals surface area contributed by atoms with Crippen molar-refractivity contribution in [2.24, 2.45) is 0 Å². The zero-order chi connectivity index (χ0) is 9.97. The Morgan fingerprint density at radius 3 is 3.14 bits per heavy atom. The van der Waals surface area contributed by atoms with E-state index in [-0.39, 0.29) is 18.0 Å². The van der Waals surface area contributed by atoms with Crippen LogP contribution in [0.25, 0.3) is 0 Å². The Bertz CT molecular complexity index is 219. The van der Waals surface area contributed by atoms with E-state index in [9.17, 15) is 4.79 Å². The first kappa shape index (κ1) is 10.3. The lowest BCUT2D eigenvalue weighted by atomic mass is 10.2. The molecule has 0 aliphatic carbocycles. The average molecular weight is 216 g/mol. The molecule has 2 saturated heterocycles. The molecular formula is C9H16N2O2S. The maximum atomic E-state index is 12.0. The molecule has 2 rings (SSSR count). The van der Waals surface area contributed by atoms with E-state index in [0.717, 1.165) is 18.2 Å². The van der Waals surface area contributed by atoms with Crippen molar-refractivity contribution in [3.63, 3.8) is 0 Å². The van der Waals surface area contributed by atoms with Gasteiger partial charge in [-0.3, -0.25) is 10.1 Å². The molecule has 14 heavy (non-hydrogen) atoms. The SMILES string of the molecule is C[C@@H]1COCCN1C(=O)C1CSCN1. The second-order valence-corrected chi connectivity index (χ2v) is 4.76. The number of ether oxygens (including phenoxy) is 1. The van der Waals surface area contributed by atoms with Crippen molar-refractivity contribution in [1.82, 2.24) is 10.2 Å². The van der Waals surface area contributed by atoms with Crippen molar-refractivity contribution in [1.29, 1.82) is 0 Å². The average Bonchev–Trinajstić information content (AvgIpc) is 2.70. The first-order chi connectivity index (χ1) is 6.79. The number of hydrogen-bond acceptors (Lipinski definition) is 4. The molecule has 1 amide bonds. The van der Waals surface area contributed by atoms with Crippen molar-refractivity contribution in [3.8, 4) is 0 Å². The monoisotopic (exact) mass is 216 g/mol. The minimum absolute atomic E-state index is 0.0283. The Morgan fingerprint density at radius 1 is 1.64 bits per heavy atom. The van der Waals surface area contributed by atoms with E-state index in [4.69, 9.17) is 4.74 Å². The smallest absolute Gasteiger partial charge is 0.240 e. The molecule has 5 heteroatoms. The standard InChI is InChI=1S/C9H16N2O2S/c1-7-4-13-3-2-11(7)9(12)8-5-14-6-10-8/h7-8,10H,2-6H2,1H3/t7-,8?/m1/s1. The van der Waals surface area contributed by atoms with Crippen molar-refractivity contribution in [2.75, 3.05) is 31.4 Å². The number of carbonyl (C=O) groups excluding carboxylic acids is 1. The Hall–Kier alpha value is -0.260. The number of carbonyl (C=O) groups is 1. The molecule has 0 radical (unpaired) electrons. The summed E-state index contributed by atoms with van der Waals surface area (Å²) in [4.78, 5) is 13.9. The van der Waals surface area contributed by atoms with Gasteiger partial charge in [-0.05, 0) is 6.92 Å². The molecule has 4 nitrogen and oxygen atoms in total. The van der Waals surface area contributed by atoms with Crippen LogP contribution in [0.5, 0.6) is 0 Å². The van der Waals surface area contributed by atoms with Gasteiger partial charge in [0.1, 0.15) is 0 Å². The number of thioether (sulfide) groups is 1. The molecule has 2 aliphatic heterocycles. The molecule has 0 spiro atoms. The van der Waals surface area contributed by atoms with Crippen LogP contribution in [0, 0.1) is 0 Å². The summed E-state index contributed by atoms with van der Waals surface area (Å²) < 4.78 is 5.31. The number of nitrogens with one attached hydrogen (secondary N) is 1. The van der Waals surface area contributed by atoms with Gasteiger partial charge >= 0.3 is 0 Å². The van der Waals surface area contributed by atoms with Gasteiger partial charge in [0.25, 0.3) is 0 Å². The van der Waals surface area contributed by atoms with Crippen LogP contribution in [0.2, 0.25) is 0 Å². The largest absolute Gasteiger partial charge is 0.377 e. The fourth-order valence-corrected chi connectivity index (χ4v) is 2.74. The molecule has 2 fully saturated rings. The highest BCUT2D eigenvalue weighted by molar-refractivity contribution is 7.99. The predicted molar refractivity (Wildman–Crippen MR) is 56.2 cm³/mol. The van der Waals surface area contributed by atoms with Crippen LogP contribution < -0.4 is 5.32 Å². The van der Waals surface area contributed by atoms with Crippen LogP contribution in [-0.2, 0) is 9.53 Å². The van der Waals surface area contributed by atoms with Gasteiger partial charge in [0.05, 0.1) is 25.3 Å². The normalized spacial score (nSPS) is 33.4. The summed E-state index contributed by atoms with van der Waals surface area (Å²) in [6.45, 7) is 4.13. The minimum Gasteiger partial charge on any atom is -0.377 e. The Kier molecular flexibility index (Phi) is 3.30. The van der Waals surface area contributed by atoms with Crippen LogP contribution in [0.3, 0.4) is 0 Å². The van der Waals surface area contributed by atoms with E-state index < -0.39 is 0 Å². The fraction of sp³-hybridized carbons (Fsp3) is 0.889. The first-order valence-electron chi connectivity index (χ1n) is 4.98. The molecule has 1 unspecified atom stereocenters. The molecule has 2 heterocycles. The third kappa shape index (κ3) is 2.04. The molecule has 0 aromatic heterocycles. The summed E-state index contributed by atoms with van der Waals surface area (Å²) in [6, 6.07) is 0.254. The molecular weight excluding hydrogens is 200 g/mol. The molecule has 0 bridgehead atoms. The number of rotatable bonds is 1. The van der Waals surface area contributed by atoms with Gasteiger partial charge in [0.15, 0.2) is 0 Å². The van der Waals surface area contributed by atoms with Gasteiger partial charge in [-0.2, -0.15) is 0 Å². The topological polar surface area (TPSA) is 41.6 Å². The molecule has 1 N–H and O–H groups in total. The third-order valence-corrected chi connectivity index (χ3v) is 3.60. The van der Waals surface area contributed by atoms with E-state index >= 15 is 0 Å². The summed E-state index contributed by atoms with van der Waals surface area (Å²) >= 11 is 1.79. The van der Waals surface area contributed by atoms with E-state index in [2.05, 4.69) is 5.32 Å². The van der Waals surface area contributed by atoms with E-state index in [1.165, 1.54) is 0 Å². The van der Waals surface area contributed by atoms with Crippen molar-refractivity contribution >= 4 is 17.7 Å². The van der Waals surface area contributed by atoms with Crippen molar-refractivity contribution < 1.29 is 9.53 Å². The van der Waals surface area contributed by atoms with Gasteiger partial charge in [-0.25, -0.2) is 0 Å². The van der Waals surface area contributed by atoms with Gasteiger partial charge < -0.3 is 9.64 Å². The summed E-state index contributed by atoms with van der Waals surface area (Å²) in [6.07, 6.45) is 0. The maximum absolute atomic E-state index is 12.0. The van der Waals surface area contributed by atoms with Crippen LogP contribution >= 0.6 is 11.8 Å². The lowest BCUT2D eigenvalue weighted by molar-refractivity contribution is -0.140. The number of morpholine rings is 1. The van der Waals surface area contributed by atoms with Gasteiger partial charge in [-0.1, -0.05) is 0 Å². The van der Waals surface area contributed by atoms with E-state index in [0.29, 0.717) is 13.2 Å². The molecule has 0 aromatic rings. The van der Waals surface area contributed by atoms with Crippen molar-refractivity contribution in [2.45, 2.75) is 19.0 Å². The van der Waals surface area contributed by atoms with Gasteiger partial charge in [-0.15, -0.1) is 11.8 Å². The molecule has 2 atom stereocenters. The molecule has 0 saturated carbocycles. The van der Waals surface area contributed by atoms with E-state index in [1.807, 2.05) is 11.8 Å². The molecule has 0 aromatic carbocycles. The minimum atomic E-state index is 0.0283. The van der Waals surface area contributed by atoms with Gasteiger partial charge in [0.2, 0.25) is 5.91 Å². The Morgan fingerprint density at radius 2 is 2.50 bits per heavy atom. The highest BCUT2D eigenvalue weighted by Gasteiger charge is 2.31. The summed E-state index contributed by atoms with van der Waals surface area (Å²) in [5.41, 5.74) is 0. The second kappa shape index (κ2) is 4.51. The van der Waals surface area contributed by atoms with Crippen LogP contribution in [0.1, 0.15) is 6.92 Å². The number of nitrogens with zero attached hydrogens (tertiary/aromatic N) is 1. The highest BCUT2D eigenvalue weighted by Crippen LogP contribution is 2.15. The van der Waals surface area contributed by atoms with Crippen LogP contribution in [0.15, 0.2) is 0 Å². The lowest BCUT2D eigenvalue weighted by Gasteiger charge is -2.34. The summed E-state index contributed by atoms with van der Waals surface area (Å²) in [7, 11) is 0. The molecule has 2 aliphatic rings. The maximum Gasteiger partial charge on any atom is 0.240 e. The van der Waals surface area contributed by atoms with Crippen LogP contribution in [-0.4, -0.2) is 54.3 Å². The Labute approximate surface area is 88.4 Å². The molecule has 80 valence electrons. The van der Waals surface area contributed by atoms with Gasteiger partial charge in [0, 0.05) is 18.2 Å². The second-order valence-electron chi connectivity index (χ2n) is 3.73. The highest BCUT2D eigenvalue weighted by atomic mass is 32.2. The van der Waals surface area contributed by atoms with Crippen LogP contribution in [0.4, 0.5) is 0 Å². The first-order valence-corrected chi connectivity index (χ1v) is 6.14. The third-order valence-electron chi connectivity index (χ3n) is 2.67. The number of amides is 1. The predicted octanol–water partition coefficient (Wildman–Crippen LogP) is -0.104.